The summed E-state index contributed by atoms with van der Waals surface area (Å²) in [7, 11) is 0. The molecule has 5 nitrogen and oxygen atoms in total. The Morgan fingerprint density at radius 1 is 1.30 bits per heavy atom. The van der Waals surface area contributed by atoms with Crippen molar-refractivity contribution in [3.05, 3.63) is 61.2 Å². The topological polar surface area (TPSA) is 77.8 Å². The number of amides is 1. The number of rotatable bonds is 6. The van der Waals surface area contributed by atoms with Gasteiger partial charge in [0.2, 0.25) is 5.91 Å². The van der Waals surface area contributed by atoms with Crippen LogP contribution in [0.1, 0.15) is 23.2 Å². The van der Waals surface area contributed by atoms with Crippen molar-refractivity contribution in [1.82, 2.24) is 15.3 Å². The minimum absolute atomic E-state index is 0.0896. The van der Waals surface area contributed by atoms with Crippen molar-refractivity contribution in [3.63, 3.8) is 0 Å². The van der Waals surface area contributed by atoms with Crippen LogP contribution in [0.5, 0.6) is 0 Å². The number of nitrogens with one attached hydrogen (secondary N) is 3. The van der Waals surface area contributed by atoms with Gasteiger partial charge in [0.1, 0.15) is 0 Å². The Bertz CT molecular complexity index is 813. The molecule has 1 aromatic carbocycles. The average molecular weight is 352 g/mol. The van der Waals surface area contributed by atoms with Crippen LogP contribution in [0.2, 0.25) is 5.02 Å². The second-order valence-electron chi connectivity index (χ2n) is 5.24. The number of H-pyrrole nitrogens is 2. The van der Waals surface area contributed by atoms with Gasteiger partial charge < -0.3 is 10.3 Å². The molecule has 0 spiro atoms. The lowest BCUT2D eigenvalue weighted by Crippen LogP contribution is -2.27. The molecule has 0 fully saturated rings. The highest BCUT2D eigenvalue weighted by Gasteiger charge is 2.08. The summed E-state index contributed by atoms with van der Waals surface area (Å²) >= 11 is 10.8. The Morgan fingerprint density at radius 3 is 2.78 bits per heavy atom. The summed E-state index contributed by atoms with van der Waals surface area (Å²) in [4.78, 5) is 29.1. The molecule has 0 saturated heterocycles. The predicted octanol–water partition coefficient (Wildman–Crippen LogP) is 2.69. The molecule has 0 atom stereocenters. The molecule has 0 unspecified atom stereocenters. The number of aryl methyl sites for hydroxylation is 1. The molecule has 0 aliphatic heterocycles. The number of halogens is 1. The predicted molar refractivity (Wildman–Crippen MR) is 93.5 cm³/mol. The maximum atomic E-state index is 11.9. The first kappa shape index (κ1) is 17.4. The summed E-state index contributed by atoms with van der Waals surface area (Å²) in [6.45, 7) is 2.31. The summed E-state index contributed by atoms with van der Waals surface area (Å²) in [6.07, 6.45) is 1.34. The third kappa shape index (κ3) is 5.33. The van der Waals surface area contributed by atoms with Gasteiger partial charge in [-0.1, -0.05) is 23.7 Å². The van der Waals surface area contributed by atoms with Gasteiger partial charge >= 0.3 is 0 Å². The molecule has 0 radical (unpaired) electrons. The van der Waals surface area contributed by atoms with Crippen LogP contribution in [0.3, 0.4) is 0 Å². The van der Waals surface area contributed by atoms with Crippen LogP contribution in [0.25, 0.3) is 0 Å². The molecule has 0 saturated carbocycles. The van der Waals surface area contributed by atoms with Crippen molar-refractivity contribution in [2.24, 2.45) is 0 Å². The second kappa shape index (κ2) is 8.08. The van der Waals surface area contributed by atoms with Gasteiger partial charge in [0.15, 0.2) is 4.77 Å². The van der Waals surface area contributed by atoms with E-state index in [1.807, 2.05) is 24.3 Å². The summed E-state index contributed by atoms with van der Waals surface area (Å²) in [5, 5.41) is 3.53. The highest BCUT2D eigenvalue weighted by atomic mass is 35.5. The van der Waals surface area contributed by atoms with E-state index in [-0.39, 0.29) is 17.9 Å². The molecule has 1 aromatic heterocycles. The first-order chi connectivity index (χ1) is 11.0. The first-order valence-electron chi connectivity index (χ1n) is 7.29. The summed E-state index contributed by atoms with van der Waals surface area (Å²) < 4.78 is 0.294. The van der Waals surface area contributed by atoms with Crippen molar-refractivity contribution in [2.45, 2.75) is 26.2 Å². The SMILES string of the molecule is Cc1[nH]c(=S)[nH]c(=O)c1CCC(=O)NCCc1cccc(Cl)c1. The van der Waals surface area contributed by atoms with E-state index in [0.29, 0.717) is 40.4 Å². The number of carbonyl (C=O) groups excluding carboxylic acids is 1. The monoisotopic (exact) mass is 351 g/mol. The number of benzene rings is 1. The van der Waals surface area contributed by atoms with Crippen LogP contribution >= 0.6 is 23.8 Å². The highest BCUT2D eigenvalue weighted by Crippen LogP contribution is 2.10. The van der Waals surface area contributed by atoms with Gasteiger partial charge in [-0.3, -0.25) is 14.6 Å². The number of aromatic amines is 2. The highest BCUT2D eigenvalue weighted by molar-refractivity contribution is 7.71. The number of hydrogen-bond acceptors (Lipinski definition) is 3. The Kier molecular flexibility index (Phi) is 6.12. The standard InChI is InChI=1S/C16H18ClN3O2S/c1-10-13(15(22)20-16(23)19-10)5-6-14(21)18-8-7-11-3-2-4-12(17)9-11/h2-4,9H,5-8H2,1H3,(H,18,21)(H2,19,20,22,23). The van der Waals surface area contributed by atoms with Crippen LogP contribution in [-0.4, -0.2) is 22.4 Å². The summed E-state index contributed by atoms with van der Waals surface area (Å²) in [5.41, 5.74) is 2.09. The fraction of sp³-hybridized carbons (Fsp3) is 0.312. The van der Waals surface area contributed by atoms with Crippen molar-refractivity contribution >= 4 is 29.7 Å². The van der Waals surface area contributed by atoms with E-state index in [2.05, 4.69) is 15.3 Å². The molecule has 2 rings (SSSR count). The third-order valence-electron chi connectivity index (χ3n) is 3.48. The van der Waals surface area contributed by atoms with Gasteiger partial charge in [0.05, 0.1) is 0 Å². The molecular formula is C16H18ClN3O2S. The van der Waals surface area contributed by atoms with Crippen molar-refractivity contribution in [1.29, 1.82) is 0 Å². The van der Waals surface area contributed by atoms with Gasteiger partial charge in [-0.05, 0) is 49.7 Å². The van der Waals surface area contributed by atoms with E-state index in [9.17, 15) is 9.59 Å². The summed E-state index contributed by atoms with van der Waals surface area (Å²) in [6, 6.07) is 7.54. The molecule has 3 N–H and O–H groups in total. The largest absolute Gasteiger partial charge is 0.356 e. The minimum atomic E-state index is -0.238. The zero-order valence-electron chi connectivity index (χ0n) is 12.7. The molecule has 0 aliphatic carbocycles. The number of hydrogen-bond donors (Lipinski definition) is 3. The Balaban J connectivity index is 1.82. The molecule has 1 amide bonds. The normalized spacial score (nSPS) is 10.5. The molecule has 122 valence electrons. The van der Waals surface area contributed by atoms with Crippen LogP contribution in [0.4, 0.5) is 0 Å². The second-order valence-corrected chi connectivity index (χ2v) is 6.09. The lowest BCUT2D eigenvalue weighted by Gasteiger charge is -2.07. The summed E-state index contributed by atoms with van der Waals surface area (Å²) in [5.74, 6) is -0.0896. The van der Waals surface area contributed by atoms with E-state index in [1.54, 1.807) is 6.92 Å². The number of carbonyl (C=O) groups is 1. The van der Waals surface area contributed by atoms with E-state index < -0.39 is 0 Å². The van der Waals surface area contributed by atoms with Gasteiger partial charge in [-0.15, -0.1) is 0 Å². The molecule has 7 heteroatoms. The van der Waals surface area contributed by atoms with Crippen molar-refractivity contribution in [2.75, 3.05) is 6.54 Å². The van der Waals surface area contributed by atoms with E-state index >= 15 is 0 Å². The zero-order chi connectivity index (χ0) is 16.8. The van der Waals surface area contributed by atoms with E-state index in [4.69, 9.17) is 23.8 Å². The molecule has 2 aromatic rings. The zero-order valence-corrected chi connectivity index (χ0v) is 14.3. The lowest BCUT2D eigenvalue weighted by atomic mass is 10.1. The molecule has 1 heterocycles. The van der Waals surface area contributed by atoms with Crippen molar-refractivity contribution < 1.29 is 4.79 Å². The molecule has 23 heavy (non-hydrogen) atoms. The maximum absolute atomic E-state index is 11.9. The Morgan fingerprint density at radius 2 is 2.09 bits per heavy atom. The fourth-order valence-corrected chi connectivity index (χ4v) is 2.75. The smallest absolute Gasteiger partial charge is 0.255 e. The van der Waals surface area contributed by atoms with Crippen LogP contribution in [-0.2, 0) is 17.6 Å². The van der Waals surface area contributed by atoms with E-state index in [0.717, 1.165) is 5.56 Å². The van der Waals surface area contributed by atoms with Gasteiger partial charge in [-0.2, -0.15) is 0 Å². The number of aromatic nitrogens is 2. The van der Waals surface area contributed by atoms with Crippen LogP contribution in [0.15, 0.2) is 29.1 Å². The fourth-order valence-electron chi connectivity index (χ4n) is 2.29. The Labute approximate surface area is 144 Å². The van der Waals surface area contributed by atoms with Gasteiger partial charge in [0, 0.05) is 29.2 Å². The molecular weight excluding hydrogens is 334 g/mol. The van der Waals surface area contributed by atoms with Crippen LogP contribution in [0, 0.1) is 11.7 Å². The lowest BCUT2D eigenvalue weighted by molar-refractivity contribution is -0.121. The first-order valence-corrected chi connectivity index (χ1v) is 8.07. The average Bonchev–Trinajstić information content (AvgIpc) is 2.46. The quantitative estimate of drug-likeness (QED) is 0.700. The van der Waals surface area contributed by atoms with E-state index in [1.165, 1.54) is 0 Å². The maximum Gasteiger partial charge on any atom is 0.255 e. The van der Waals surface area contributed by atoms with Crippen LogP contribution < -0.4 is 10.9 Å². The van der Waals surface area contributed by atoms with Crippen molar-refractivity contribution in [3.8, 4) is 0 Å². The third-order valence-corrected chi connectivity index (χ3v) is 3.92. The minimum Gasteiger partial charge on any atom is -0.356 e. The molecule has 0 aliphatic rings. The molecule has 0 bridgehead atoms. The Hall–Kier alpha value is -1.92. The van der Waals surface area contributed by atoms with Gasteiger partial charge in [0.25, 0.3) is 5.56 Å². The van der Waals surface area contributed by atoms with Gasteiger partial charge in [-0.25, -0.2) is 0 Å².